The van der Waals surface area contributed by atoms with Crippen molar-refractivity contribution < 1.29 is 0 Å². The number of fused-ring (bicyclic) bond motifs is 3. The van der Waals surface area contributed by atoms with Gasteiger partial charge in [-0.25, -0.2) is 0 Å². The molecule has 4 rings (SSSR count). The summed E-state index contributed by atoms with van der Waals surface area (Å²) in [6.45, 7) is 6.47. The molecule has 2 heterocycles. The third-order valence-corrected chi connectivity index (χ3v) is 4.76. The predicted octanol–water partition coefficient (Wildman–Crippen LogP) is 4.69. The second kappa shape index (κ2) is 4.85. The zero-order valence-corrected chi connectivity index (χ0v) is 13.6. The van der Waals surface area contributed by atoms with Crippen molar-refractivity contribution in [2.45, 2.75) is 20.8 Å². The van der Waals surface area contributed by atoms with Gasteiger partial charge in [-0.15, -0.1) is 0 Å². The van der Waals surface area contributed by atoms with Gasteiger partial charge in [0, 0.05) is 28.4 Å². The molecule has 0 fully saturated rings. The molecule has 0 aliphatic rings. The molecular weight excluding hydrogens is 282 g/mol. The molecular formula is C20H19N3. The first-order valence-electron chi connectivity index (χ1n) is 7.80. The van der Waals surface area contributed by atoms with Crippen molar-refractivity contribution in [3.63, 3.8) is 0 Å². The lowest BCUT2D eigenvalue weighted by Crippen LogP contribution is -2.00. The van der Waals surface area contributed by atoms with Gasteiger partial charge in [-0.1, -0.05) is 30.3 Å². The Balaban J connectivity index is 2.26. The number of pyridine rings is 1. The van der Waals surface area contributed by atoms with Gasteiger partial charge in [0.2, 0.25) is 0 Å². The number of nitrogens with two attached hydrogens (primary N) is 1. The lowest BCUT2D eigenvalue weighted by molar-refractivity contribution is 1.03. The molecule has 0 unspecified atom stereocenters. The minimum Gasteiger partial charge on any atom is -0.397 e. The van der Waals surface area contributed by atoms with Gasteiger partial charge < -0.3 is 10.3 Å². The maximum atomic E-state index is 6.14. The van der Waals surface area contributed by atoms with E-state index in [0.717, 1.165) is 16.6 Å². The van der Waals surface area contributed by atoms with Crippen LogP contribution in [0.25, 0.3) is 27.5 Å². The maximum absolute atomic E-state index is 6.14. The van der Waals surface area contributed by atoms with Gasteiger partial charge in [-0.2, -0.15) is 0 Å². The van der Waals surface area contributed by atoms with Crippen molar-refractivity contribution in [3.8, 4) is 5.69 Å². The van der Waals surface area contributed by atoms with Crippen LogP contribution in [0.4, 0.5) is 5.69 Å². The molecule has 2 N–H and O–H groups in total. The van der Waals surface area contributed by atoms with Crippen LogP contribution in [-0.2, 0) is 0 Å². The molecule has 0 atom stereocenters. The summed E-state index contributed by atoms with van der Waals surface area (Å²) in [4.78, 5) is 4.60. The van der Waals surface area contributed by atoms with Crippen LogP contribution in [0.15, 0.2) is 48.7 Å². The second-order valence-electron chi connectivity index (χ2n) is 6.10. The summed E-state index contributed by atoms with van der Waals surface area (Å²) in [5.41, 5.74) is 13.9. The van der Waals surface area contributed by atoms with Crippen molar-refractivity contribution in [3.05, 3.63) is 65.5 Å². The van der Waals surface area contributed by atoms with E-state index in [1.807, 2.05) is 18.3 Å². The van der Waals surface area contributed by atoms with Crippen molar-refractivity contribution in [1.29, 1.82) is 0 Å². The SMILES string of the molecule is Cc1ccccc1-n1c(C)c(C)c2cnc3c(N)cccc3c21. The smallest absolute Gasteiger partial charge is 0.0952 e. The molecule has 0 bridgehead atoms. The van der Waals surface area contributed by atoms with Gasteiger partial charge in [0.1, 0.15) is 0 Å². The molecule has 0 saturated carbocycles. The molecule has 2 aromatic carbocycles. The molecule has 3 heteroatoms. The van der Waals surface area contributed by atoms with Gasteiger partial charge in [-0.3, -0.25) is 4.98 Å². The average Bonchev–Trinajstić information content (AvgIpc) is 2.81. The Morgan fingerprint density at radius 3 is 2.48 bits per heavy atom. The van der Waals surface area contributed by atoms with Crippen LogP contribution >= 0.6 is 0 Å². The molecule has 0 saturated heterocycles. The topological polar surface area (TPSA) is 43.8 Å². The third kappa shape index (κ3) is 1.86. The summed E-state index contributed by atoms with van der Waals surface area (Å²) in [7, 11) is 0. The molecule has 0 aliphatic heterocycles. The first-order chi connectivity index (χ1) is 11.1. The molecule has 2 aromatic heterocycles. The summed E-state index contributed by atoms with van der Waals surface area (Å²) >= 11 is 0. The Bertz CT molecular complexity index is 1060. The monoisotopic (exact) mass is 301 g/mol. The lowest BCUT2D eigenvalue weighted by atomic mass is 10.1. The van der Waals surface area contributed by atoms with E-state index in [2.05, 4.69) is 60.7 Å². The lowest BCUT2D eigenvalue weighted by Gasteiger charge is -2.13. The van der Waals surface area contributed by atoms with Crippen LogP contribution in [0.5, 0.6) is 0 Å². The van der Waals surface area contributed by atoms with Gasteiger partial charge in [-0.05, 0) is 44.0 Å². The fourth-order valence-electron chi connectivity index (χ4n) is 3.39. The third-order valence-electron chi connectivity index (χ3n) is 4.76. The number of nitrogens with zero attached hydrogens (tertiary/aromatic N) is 2. The first-order valence-corrected chi connectivity index (χ1v) is 7.80. The van der Waals surface area contributed by atoms with E-state index in [4.69, 9.17) is 5.73 Å². The fourth-order valence-corrected chi connectivity index (χ4v) is 3.39. The van der Waals surface area contributed by atoms with E-state index in [1.165, 1.54) is 33.4 Å². The largest absolute Gasteiger partial charge is 0.397 e. The molecule has 114 valence electrons. The van der Waals surface area contributed by atoms with Crippen LogP contribution in [0.2, 0.25) is 0 Å². The number of aromatic nitrogens is 2. The molecule has 3 nitrogen and oxygen atoms in total. The zero-order chi connectivity index (χ0) is 16.1. The minimum absolute atomic E-state index is 0.720. The normalized spacial score (nSPS) is 11.4. The van der Waals surface area contributed by atoms with Crippen LogP contribution < -0.4 is 5.73 Å². The summed E-state index contributed by atoms with van der Waals surface area (Å²) in [6.07, 6.45) is 1.95. The highest BCUT2D eigenvalue weighted by molar-refractivity contribution is 6.09. The molecule has 4 aromatic rings. The van der Waals surface area contributed by atoms with E-state index in [9.17, 15) is 0 Å². The van der Waals surface area contributed by atoms with E-state index in [0.29, 0.717) is 0 Å². The number of anilines is 1. The summed E-state index contributed by atoms with van der Waals surface area (Å²) in [5, 5.41) is 2.28. The Kier molecular flexibility index (Phi) is 2.91. The highest BCUT2D eigenvalue weighted by Gasteiger charge is 2.17. The minimum atomic E-state index is 0.720. The molecule has 0 spiro atoms. The van der Waals surface area contributed by atoms with E-state index in [1.54, 1.807) is 0 Å². The zero-order valence-electron chi connectivity index (χ0n) is 13.6. The number of para-hydroxylation sites is 2. The highest BCUT2D eigenvalue weighted by Crippen LogP contribution is 2.35. The van der Waals surface area contributed by atoms with Crippen molar-refractivity contribution >= 4 is 27.5 Å². The van der Waals surface area contributed by atoms with Crippen molar-refractivity contribution in [2.75, 3.05) is 5.73 Å². The Hall–Kier alpha value is -2.81. The van der Waals surface area contributed by atoms with Crippen molar-refractivity contribution in [2.24, 2.45) is 0 Å². The molecule has 23 heavy (non-hydrogen) atoms. The fraction of sp³-hybridized carbons (Fsp3) is 0.150. The molecule has 0 aliphatic carbocycles. The Morgan fingerprint density at radius 2 is 1.70 bits per heavy atom. The standard InChI is InChI=1S/C20H19N3/c1-12-7-4-5-10-18(12)23-14(3)13(2)16-11-22-19-15(20(16)23)8-6-9-17(19)21/h4-11H,21H2,1-3H3. The number of nitrogen functional groups attached to an aromatic ring is 1. The first kappa shape index (κ1) is 13.8. The van der Waals surface area contributed by atoms with Crippen LogP contribution in [0.3, 0.4) is 0 Å². The molecule has 0 radical (unpaired) electrons. The highest BCUT2D eigenvalue weighted by atomic mass is 15.0. The van der Waals surface area contributed by atoms with Crippen molar-refractivity contribution in [1.82, 2.24) is 9.55 Å². The van der Waals surface area contributed by atoms with Gasteiger partial charge in [0.15, 0.2) is 0 Å². The summed E-state index contributed by atoms with van der Waals surface area (Å²) in [6, 6.07) is 14.5. The Morgan fingerprint density at radius 1 is 0.913 bits per heavy atom. The maximum Gasteiger partial charge on any atom is 0.0952 e. The number of hydrogen-bond donors (Lipinski definition) is 1. The van der Waals surface area contributed by atoms with E-state index < -0.39 is 0 Å². The number of aryl methyl sites for hydroxylation is 2. The summed E-state index contributed by atoms with van der Waals surface area (Å²) < 4.78 is 2.34. The average molecular weight is 301 g/mol. The number of hydrogen-bond acceptors (Lipinski definition) is 2. The quantitative estimate of drug-likeness (QED) is 0.518. The van der Waals surface area contributed by atoms with Gasteiger partial charge in [0.05, 0.1) is 16.7 Å². The van der Waals surface area contributed by atoms with E-state index >= 15 is 0 Å². The van der Waals surface area contributed by atoms with Crippen LogP contribution in [0.1, 0.15) is 16.8 Å². The summed E-state index contributed by atoms with van der Waals surface area (Å²) in [5.74, 6) is 0. The molecule has 0 amide bonds. The Labute approximate surface area is 135 Å². The van der Waals surface area contributed by atoms with Crippen LogP contribution in [0, 0.1) is 20.8 Å². The van der Waals surface area contributed by atoms with Gasteiger partial charge >= 0.3 is 0 Å². The van der Waals surface area contributed by atoms with E-state index in [-0.39, 0.29) is 0 Å². The van der Waals surface area contributed by atoms with Gasteiger partial charge in [0.25, 0.3) is 0 Å². The number of rotatable bonds is 1. The second-order valence-corrected chi connectivity index (χ2v) is 6.10. The number of benzene rings is 2. The predicted molar refractivity (Wildman–Crippen MR) is 97.2 cm³/mol. The van der Waals surface area contributed by atoms with Crippen LogP contribution in [-0.4, -0.2) is 9.55 Å².